The van der Waals surface area contributed by atoms with Crippen molar-refractivity contribution in [3.05, 3.63) is 58.7 Å². The number of carbonyl (C=O) groups excluding carboxylic acids is 1. The molecule has 0 saturated carbocycles. The van der Waals surface area contributed by atoms with E-state index in [2.05, 4.69) is 17.4 Å². The lowest BCUT2D eigenvalue weighted by atomic mass is 10.0. The molecule has 0 aliphatic rings. The fourth-order valence-electron chi connectivity index (χ4n) is 2.71. The Kier molecular flexibility index (Phi) is 5.85. The first-order chi connectivity index (χ1) is 11.4. The number of nitrogens with one attached hydrogen (secondary N) is 1. The van der Waals surface area contributed by atoms with Crippen molar-refractivity contribution in [2.24, 2.45) is 0 Å². The van der Waals surface area contributed by atoms with E-state index in [1.807, 2.05) is 45.0 Å². The lowest BCUT2D eigenvalue weighted by Gasteiger charge is -2.18. The van der Waals surface area contributed by atoms with E-state index in [1.165, 1.54) is 0 Å². The van der Waals surface area contributed by atoms with Gasteiger partial charge in [-0.2, -0.15) is 0 Å². The number of hydrogen-bond acceptors (Lipinski definition) is 3. The fourth-order valence-corrected chi connectivity index (χ4v) is 2.71. The SMILES string of the molecule is COc1ccc(OC)c([C@H](C)NC(=O)Cc2cc(C)ccc2C)c1. The monoisotopic (exact) mass is 327 g/mol. The molecule has 0 aliphatic heterocycles. The maximum Gasteiger partial charge on any atom is 0.224 e. The second kappa shape index (κ2) is 7.86. The Morgan fingerprint density at radius 2 is 1.83 bits per heavy atom. The van der Waals surface area contributed by atoms with Gasteiger partial charge < -0.3 is 14.8 Å². The zero-order valence-corrected chi connectivity index (χ0v) is 15.0. The summed E-state index contributed by atoms with van der Waals surface area (Å²) in [5.74, 6) is 1.46. The summed E-state index contributed by atoms with van der Waals surface area (Å²) in [4.78, 5) is 12.4. The van der Waals surface area contributed by atoms with Crippen molar-refractivity contribution in [2.45, 2.75) is 33.2 Å². The number of carbonyl (C=O) groups is 1. The summed E-state index contributed by atoms with van der Waals surface area (Å²) in [6.07, 6.45) is 0.365. The first kappa shape index (κ1) is 17.9. The summed E-state index contributed by atoms with van der Waals surface area (Å²) in [6.45, 7) is 6.00. The zero-order valence-electron chi connectivity index (χ0n) is 15.0. The van der Waals surface area contributed by atoms with Gasteiger partial charge >= 0.3 is 0 Å². The van der Waals surface area contributed by atoms with E-state index in [-0.39, 0.29) is 11.9 Å². The minimum atomic E-state index is -0.173. The van der Waals surface area contributed by atoms with E-state index >= 15 is 0 Å². The van der Waals surface area contributed by atoms with Crippen LogP contribution >= 0.6 is 0 Å². The molecule has 0 spiro atoms. The second-order valence-corrected chi connectivity index (χ2v) is 6.00. The smallest absolute Gasteiger partial charge is 0.224 e. The Morgan fingerprint density at radius 1 is 1.08 bits per heavy atom. The molecular weight excluding hydrogens is 302 g/mol. The van der Waals surface area contributed by atoms with Crippen LogP contribution in [0.2, 0.25) is 0 Å². The predicted octanol–water partition coefficient (Wildman–Crippen LogP) is 3.74. The minimum absolute atomic E-state index is 0.0129. The number of amides is 1. The van der Waals surface area contributed by atoms with E-state index in [0.717, 1.165) is 33.8 Å². The first-order valence-electron chi connectivity index (χ1n) is 8.02. The Hall–Kier alpha value is -2.49. The van der Waals surface area contributed by atoms with Gasteiger partial charge in [0, 0.05) is 5.56 Å². The average molecular weight is 327 g/mol. The summed E-state index contributed by atoms with van der Waals surface area (Å²) in [6, 6.07) is 11.6. The number of benzene rings is 2. The van der Waals surface area contributed by atoms with E-state index in [1.54, 1.807) is 14.2 Å². The maximum absolute atomic E-state index is 12.4. The maximum atomic E-state index is 12.4. The van der Waals surface area contributed by atoms with Gasteiger partial charge in [-0.15, -0.1) is 0 Å². The molecule has 0 unspecified atom stereocenters. The molecule has 0 heterocycles. The molecule has 1 amide bonds. The number of aryl methyl sites for hydroxylation is 2. The van der Waals surface area contributed by atoms with Crippen LogP contribution in [0.15, 0.2) is 36.4 Å². The van der Waals surface area contributed by atoms with Gasteiger partial charge in [0.25, 0.3) is 0 Å². The molecule has 0 aromatic heterocycles. The molecule has 0 radical (unpaired) electrons. The summed E-state index contributed by atoms with van der Waals surface area (Å²) < 4.78 is 10.7. The molecule has 128 valence electrons. The Balaban J connectivity index is 2.12. The molecule has 0 saturated heterocycles. The van der Waals surface area contributed by atoms with Crippen LogP contribution in [0, 0.1) is 13.8 Å². The third-order valence-corrected chi connectivity index (χ3v) is 4.14. The van der Waals surface area contributed by atoms with Gasteiger partial charge in [-0.1, -0.05) is 23.8 Å². The van der Waals surface area contributed by atoms with Crippen LogP contribution < -0.4 is 14.8 Å². The molecule has 0 bridgehead atoms. The summed E-state index contributed by atoms with van der Waals surface area (Å²) in [5, 5.41) is 3.04. The molecule has 0 fully saturated rings. The van der Waals surface area contributed by atoms with Gasteiger partial charge in [0.05, 0.1) is 26.7 Å². The average Bonchev–Trinajstić information content (AvgIpc) is 2.57. The van der Waals surface area contributed by atoms with Crippen molar-refractivity contribution in [2.75, 3.05) is 14.2 Å². The van der Waals surface area contributed by atoms with E-state index < -0.39 is 0 Å². The largest absolute Gasteiger partial charge is 0.497 e. The van der Waals surface area contributed by atoms with Crippen molar-refractivity contribution < 1.29 is 14.3 Å². The molecule has 4 heteroatoms. The molecular formula is C20H25NO3. The van der Waals surface area contributed by atoms with Crippen LogP contribution in [0.5, 0.6) is 11.5 Å². The molecule has 24 heavy (non-hydrogen) atoms. The standard InChI is InChI=1S/C20H25NO3/c1-13-6-7-14(2)16(10-13)11-20(22)21-15(3)18-12-17(23-4)8-9-19(18)24-5/h6-10,12,15H,11H2,1-5H3,(H,21,22)/t15-/m0/s1. The van der Waals surface area contributed by atoms with Crippen LogP contribution in [-0.2, 0) is 11.2 Å². The van der Waals surface area contributed by atoms with Crippen LogP contribution in [0.1, 0.15) is 35.2 Å². The van der Waals surface area contributed by atoms with Crippen molar-refractivity contribution in [3.63, 3.8) is 0 Å². The summed E-state index contributed by atoms with van der Waals surface area (Å²) in [5.41, 5.74) is 4.23. The van der Waals surface area contributed by atoms with Crippen LogP contribution in [0.3, 0.4) is 0 Å². The quantitative estimate of drug-likeness (QED) is 0.879. The lowest BCUT2D eigenvalue weighted by molar-refractivity contribution is -0.121. The van der Waals surface area contributed by atoms with Crippen molar-refractivity contribution >= 4 is 5.91 Å². The van der Waals surface area contributed by atoms with Crippen molar-refractivity contribution in [1.82, 2.24) is 5.32 Å². The molecule has 1 atom stereocenters. The van der Waals surface area contributed by atoms with Crippen molar-refractivity contribution in [3.8, 4) is 11.5 Å². The number of methoxy groups -OCH3 is 2. The number of rotatable bonds is 6. The molecule has 1 N–H and O–H groups in total. The topological polar surface area (TPSA) is 47.6 Å². The number of hydrogen-bond donors (Lipinski definition) is 1. The van der Waals surface area contributed by atoms with Gasteiger partial charge in [0.2, 0.25) is 5.91 Å². The van der Waals surface area contributed by atoms with Crippen molar-refractivity contribution in [1.29, 1.82) is 0 Å². The third kappa shape index (κ3) is 4.28. The van der Waals surface area contributed by atoms with Gasteiger partial charge in [-0.3, -0.25) is 4.79 Å². The zero-order chi connectivity index (χ0) is 17.7. The first-order valence-corrected chi connectivity index (χ1v) is 8.02. The third-order valence-electron chi connectivity index (χ3n) is 4.14. The van der Waals surface area contributed by atoms with E-state index in [9.17, 15) is 4.79 Å². The molecule has 2 aromatic carbocycles. The highest BCUT2D eigenvalue weighted by Crippen LogP contribution is 2.29. The summed E-state index contributed by atoms with van der Waals surface area (Å²) in [7, 11) is 3.24. The Bertz CT molecular complexity index is 725. The van der Waals surface area contributed by atoms with E-state index in [4.69, 9.17) is 9.47 Å². The second-order valence-electron chi connectivity index (χ2n) is 6.00. The molecule has 2 rings (SSSR count). The fraction of sp³-hybridized carbons (Fsp3) is 0.350. The predicted molar refractivity (Wildman–Crippen MR) is 95.7 cm³/mol. The van der Waals surface area contributed by atoms with Crippen LogP contribution in [0.25, 0.3) is 0 Å². The highest BCUT2D eigenvalue weighted by molar-refractivity contribution is 5.79. The lowest BCUT2D eigenvalue weighted by Crippen LogP contribution is -2.28. The van der Waals surface area contributed by atoms with Gasteiger partial charge in [0.1, 0.15) is 11.5 Å². The van der Waals surface area contributed by atoms with Gasteiger partial charge in [-0.25, -0.2) is 0 Å². The minimum Gasteiger partial charge on any atom is -0.497 e. The Labute approximate surface area is 143 Å². The summed E-state index contributed by atoms with van der Waals surface area (Å²) >= 11 is 0. The molecule has 0 aliphatic carbocycles. The van der Waals surface area contributed by atoms with Crippen LogP contribution in [-0.4, -0.2) is 20.1 Å². The van der Waals surface area contributed by atoms with Crippen LogP contribution in [0.4, 0.5) is 0 Å². The van der Waals surface area contributed by atoms with Gasteiger partial charge in [0.15, 0.2) is 0 Å². The highest BCUT2D eigenvalue weighted by Gasteiger charge is 2.16. The number of ether oxygens (including phenoxy) is 2. The van der Waals surface area contributed by atoms with E-state index in [0.29, 0.717) is 6.42 Å². The van der Waals surface area contributed by atoms with Gasteiger partial charge in [-0.05, 0) is 50.1 Å². The molecule has 2 aromatic rings. The Morgan fingerprint density at radius 3 is 2.50 bits per heavy atom. The highest BCUT2D eigenvalue weighted by atomic mass is 16.5. The molecule has 4 nitrogen and oxygen atoms in total. The normalized spacial score (nSPS) is 11.7.